The van der Waals surface area contributed by atoms with Gasteiger partial charge in [0.15, 0.2) is 0 Å². The van der Waals surface area contributed by atoms with Crippen molar-refractivity contribution in [2.45, 2.75) is 48.0 Å². The van der Waals surface area contributed by atoms with Gasteiger partial charge in [0.2, 0.25) is 5.88 Å². The number of fused-ring (bicyclic) bond motifs is 1. The predicted octanol–water partition coefficient (Wildman–Crippen LogP) is 4.41. The van der Waals surface area contributed by atoms with Crippen molar-refractivity contribution in [2.24, 2.45) is 11.8 Å². The van der Waals surface area contributed by atoms with Crippen LogP contribution in [-0.4, -0.2) is 16.6 Å². The molecule has 0 aliphatic heterocycles. The molecule has 3 nitrogen and oxygen atoms in total. The fourth-order valence-electron chi connectivity index (χ4n) is 2.50. The summed E-state index contributed by atoms with van der Waals surface area (Å²) >= 11 is 0. The monoisotopic (exact) mass is 274 g/mol. The summed E-state index contributed by atoms with van der Waals surface area (Å²) in [6, 6.07) is 0. The first-order chi connectivity index (χ1) is 9.40. The molecule has 2 aromatic heterocycles. The first-order valence-corrected chi connectivity index (χ1v) is 7.49. The van der Waals surface area contributed by atoms with E-state index in [1.807, 2.05) is 6.20 Å². The van der Waals surface area contributed by atoms with Gasteiger partial charge in [-0.05, 0) is 43.2 Å². The average molecular weight is 274 g/mol. The number of nitrogens with zero attached hydrogens (tertiary/aromatic N) is 1. The van der Waals surface area contributed by atoms with E-state index in [4.69, 9.17) is 4.74 Å². The Balaban J connectivity index is 2.50. The van der Waals surface area contributed by atoms with Gasteiger partial charge in [-0.2, -0.15) is 0 Å². The van der Waals surface area contributed by atoms with Crippen LogP contribution in [0.2, 0.25) is 0 Å². The number of aromatic amines is 1. The van der Waals surface area contributed by atoms with Crippen LogP contribution < -0.4 is 4.74 Å². The molecule has 1 N–H and O–H groups in total. The molecule has 0 bridgehead atoms. The second kappa shape index (κ2) is 5.86. The maximum atomic E-state index is 5.87. The number of H-pyrrole nitrogens is 1. The summed E-state index contributed by atoms with van der Waals surface area (Å²) in [7, 11) is 0. The normalized spacial score (nSPS) is 11.8. The molecule has 0 radical (unpaired) electrons. The third kappa shape index (κ3) is 2.97. The van der Waals surface area contributed by atoms with Gasteiger partial charge in [0.1, 0.15) is 5.52 Å². The number of hydrogen-bond acceptors (Lipinski definition) is 2. The molecular formula is C17H26N2O. The van der Waals surface area contributed by atoms with Crippen molar-refractivity contribution >= 4 is 10.9 Å². The smallest absolute Gasteiger partial charge is 0.238 e. The SMILES string of the molecule is Cc1[nH]c2c(OCC(C)C)ncc(CC(C)C)c2c1C. The maximum absolute atomic E-state index is 5.87. The lowest BCUT2D eigenvalue weighted by Gasteiger charge is -2.12. The number of aromatic nitrogens is 2. The summed E-state index contributed by atoms with van der Waals surface area (Å²) in [6.45, 7) is 13.8. The number of nitrogens with one attached hydrogen (secondary N) is 1. The fourth-order valence-corrected chi connectivity index (χ4v) is 2.50. The lowest BCUT2D eigenvalue weighted by molar-refractivity contribution is 0.264. The van der Waals surface area contributed by atoms with Crippen LogP contribution in [0.15, 0.2) is 6.20 Å². The molecule has 2 rings (SSSR count). The minimum Gasteiger partial charge on any atom is -0.476 e. The molecule has 3 heteroatoms. The minimum absolute atomic E-state index is 0.499. The van der Waals surface area contributed by atoms with Gasteiger partial charge < -0.3 is 9.72 Å². The van der Waals surface area contributed by atoms with Crippen LogP contribution >= 0.6 is 0 Å². The number of rotatable bonds is 5. The lowest BCUT2D eigenvalue weighted by Crippen LogP contribution is -2.07. The van der Waals surface area contributed by atoms with Gasteiger partial charge in [-0.15, -0.1) is 0 Å². The van der Waals surface area contributed by atoms with Crippen LogP contribution in [0.25, 0.3) is 10.9 Å². The maximum Gasteiger partial charge on any atom is 0.238 e. The van der Waals surface area contributed by atoms with E-state index in [-0.39, 0.29) is 0 Å². The number of aryl methyl sites for hydroxylation is 2. The van der Waals surface area contributed by atoms with Crippen LogP contribution in [0, 0.1) is 25.7 Å². The summed E-state index contributed by atoms with van der Waals surface area (Å²) in [4.78, 5) is 7.98. The molecule has 0 amide bonds. The predicted molar refractivity (Wildman–Crippen MR) is 84.4 cm³/mol. The Morgan fingerprint density at radius 3 is 2.45 bits per heavy atom. The summed E-state index contributed by atoms with van der Waals surface area (Å²) in [6.07, 6.45) is 3.03. The Kier molecular flexibility index (Phi) is 4.36. The number of ether oxygens (including phenoxy) is 1. The number of hydrogen-bond donors (Lipinski definition) is 1. The van der Waals surface area contributed by atoms with Crippen LogP contribution in [0.5, 0.6) is 5.88 Å². The number of pyridine rings is 1. The summed E-state index contributed by atoms with van der Waals surface area (Å²) in [5.74, 6) is 1.86. The summed E-state index contributed by atoms with van der Waals surface area (Å²) in [5.41, 5.74) is 4.88. The largest absolute Gasteiger partial charge is 0.476 e. The molecule has 2 aromatic rings. The highest BCUT2D eigenvalue weighted by Gasteiger charge is 2.16. The third-order valence-electron chi connectivity index (χ3n) is 3.55. The van der Waals surface area contributed by atoms with Crippen LogP contribution in [-0.2, 0) is 6.42 Å². The lowest BCUT2D eigenvalue weighted by atomic mass is 9.99. The second-order valence-corrected chi connectivity index (χ2v) is 6.52. The molecule has 0 aliphatic carbocycles. The second-order valence-electron chi connectivity index (χ2n) is 6.52. The quantitative estimate of drug-likeness (QED) is 0.876. The summed E-state index contributed by atoms with van der Waals surface area (Å²) in [5, 5.41) is 1.30. The minimum atomic E-state index is 0.499. The van der Waals surface area contributed by atoms with E-state index in [1.165, 1.54) is 22.2 Å². The van der Waals surface area contributed by atoms with E-state index < -0.39 is 0 Å². The van der Waals surface area contributed by atoms with Crippen molar-refractivity contribution in [3.63, 3.8) is 0 Å². The van der Waals surface area contributed by atoms with E-state index in [1.54, 1.807) is 0 Å². The Bertz CT molecular complexity index is 597. The zero-order valence-electron chi connectivity index (χ0n) is 13.5. The molecule has 0 fully saturated rings. The third-order valence-corrected chi connectivity index (χ3v) is 3.55. The zero-order valence-corrected chi connectivity index (χ0v) is 13.5. The summed E-state index contributed by atoms with van der Waals surface area (Å²) < 4.78 is 5.87. The molecule has 20 heavy (non-hydrogen) atoms. The first kappa shape index (κ1) is 14.9. The van der Waals surface area contributed by atoms with Gasteiger partial charge >= 0.3 is 0 Å². The van der Waals surface area contributed by atoms with Crippen molar-refractivity contribution in [2.75, 3.05) is 6.61 Å². The van der Waals surface area contributed by atoms with Gasteiger partial charge in [-0.1, -0.05) is 27.7 Å². The van der Waals surface area contributed by atoms with Crippen molar-refractivity contribution in [3.8, 4) is 5.88 Å². The Labute approximate surface area is 121 Å². The highest BCUT2D eigenvalue weighted by Crippen LogP contribution is 2.31. The van der Waals surface area contributed by atoms with Crippen molar-refractivity contribution in [3.05, 3.63) is 23.0 Å². The average Bonchev–Trinajstić information content (AvgIpc) is 2.64. The highest BCUT2D eigenvalue weighted by atomic mass is 16.5. The van der Waals surface area contributed by atoms with Crippen molar-refractivity contribution in [1.82, 2.24) is 9.97 Å². The Hall–Kier alpha value is -1.51. The Morgan fingerprint density at radius 2 is 1.85 bits per heavy atom. The van der Waals surface area contributed by atoms with E-state index in [0.717, 1.165) is 17.8 Å². The van der Waals surface area contributed by atoms with Gasteiger partial charge in [0.25, 0.3) is 0 Å². The van der Waals surface area contributed by atoms with Crippen LogP contribution in [0.4, 0.5) is 0 Å². The standard InChI is InChI=1S/C17H26N2O/c1-10(2)7-14-8-18-17(20-9-11(3)4)16-15(14)12(5)13(6)19-16/h8,10-11,19H,7,9H2,1-6H3. The topological polar surface area (TPSA) is 37.9 Å². The molecule has 0 aromatic carbocycles. The van der Waals surface area contributed by atoms with Crippen molar-refractivity contribution < 1.29 is 4.74 Å². The van der Waals surface area contributed by atoms with Crippen LogP contribution in [0.3, 0.4) is 0 Å². The molecule has 0 aliphatic rings. The molecule has 0 atom stereocenters. The molecule has 0 unspecified atom stereocenters. The zero-order chi connectivity index (χ0) is 14.9. The molecule has 0 saturated heterocycles. The first-order valence-electron chi connectivity index (χ1n) is 7.49. The molecule has 0 spiro atoms. The van der Waals surface area contributed by atoms with Gasteiger partial charge in [0, 0.05) is 17.3 Å². The Morgan fingerprint density at radius 1 is 1.15 bits per heavy atom. The van der Waals surface area contributed by atoms with E-state index in [2.05, 4.69) is 51.5 Å². The highest BCUT2D eigenvalue weighted by molar-refractivity contribution is 5.90. The van der Waals surface area contributed by atoms with Gasteiger partial charge in [-0.25, -0.2) is 4.98 Å². The molecule has 110 valence electrons. The molecule has 0 saturated carbocycles. The van der Waals surface area contributed by atoms with Gasteiger partial charge in [-0.3, -0.25) is 0 Å². The van der Waals surface area contributed by atoms with E-state index in [9.17, 15) is 0 Å². The molecular weight excluding hydrogens is 248 g/mol. The molecule has 2 heterocycles. The van der Waals surface area contributed by atoms with Gasteiger partial charge in [0.05, 0.1) is 6.61 Å². The van der Waals surface area contributed by atoms with Crippen LogP contribution in [0.1, 0.15) is 44.5 Å². The fraction of sp³-hybridized carbons (Fsp3) is 0.588. The van der Waals surface area contributed by atoms with E-state index in [0.29, 0.717) is 18.4 Å². The van der Waals surface area contributed by atoms with Crippen molar-refractivity contribution in [1.29, 1.82) is 0 Å². The van der Waals surface area contributed by atoms with E-state index >= 15 is 0 Å².